The average Bonchev–Trinajstić information content (AvgIpc) is 2.37. The number of sulfonamides is 1. The molecule has 0 spiro atoms. The zero-order chi connectivity index (χ0) is 13.9. The van der Waals surface area contributed by atoms with Gasteiger partial charge in [0.15, 0.2) is 0 Å². The monoisotopic (exact) mass is 280 g/mol. The van der Waals surface area contributed by atoms with Crippen molar-refractivity contribution in [3.63, 3.8) is 0 Å². The van der Waals surface area contributed by atoms with Crippen LogP contribution in [0.25, 0.3) is 0 Å². The van der Waals surface area contributed by atoms with E-state index in [1.54, 1.807) is 19.1 Å². The molecule has 6 nitrogen and oxygen atoms in total. The summed E-state index contributed by atoms with van der Waals surface area (Å²) in [6.45, 7) is 3.48. The molecule has 1 aromatic heterocycles. The molecule has 0 saturated carbocycles. The molecule has 0 unspecified atom stereocenters. The Kier molecular flexibility index (Phi) is 4.02. The molecule has 0 amide bonds. The molecule has 1 fully saturated rings. The Bertz CT molecular complexity index is 571. The fourth-order valence-corrected chi connectivity index (χ4v) is 3.12. The Labute approximate surface area is 113 Å². The first-order chi connectivity index (χ1) is 9.05. The molecule has 0 bridgehead atoms. The molecule has 2 rings (SSSR count). The Morgan fingerprint density at radius 1 is 1.53 bits per heavy atom. The first-order valence-corrected chi connectivity index (χ1v) is 7.74. The standard InChI is InChI=1S/C12H16N4O2S/c1-2-19(17,18)16-8-11(9-16)7-15-12-4-3-10(5-13)6-14-12/h3-4,6,11H,2,7-9H2,1H3,(H,14,15). The zero-order valence-corrected chi connectivity index (χ0v) is 11.5. The molecule has 0 aliphatic carbocycles. The van der Waals surface area contributed by atoms with Gasteiger partial charge in [-0.25, -0.2) is 17.7 Å². The normalized spacial score (nSPS) is 16.6. The predicted molar refractivity (Wildman–Crippen MR) is 72.0 cm³/mol. The number of anilines is 1. The molecule has 2 heterocycles. The molecule has 7 heteroatoms. The molecule has 1 aliphatic heterocycles. The fourth-order valence-electron chi connectivity index (χ4n) is 1.87. The quantitative estimate of drug-likeness (QED) is 0.855. The van der Waals surface area contributed by atoms with Crippen molar-refractivity contribution in [2.45, 2.75) is 6.92 Å². The Morgan fingerprint density at radius 2 is 2.26 bits per heavy atom. The van der Waals surface area contributed by atoms with E-state index in [-0.39, 0.29) is 5.75 Å². The second kappa shape index (κ2) is 5.55. The number of hydrogen-bond donors (Lipinski definition) is 1. The van der Waals surface area contributed by atoms with E-state index >= 15 is 0 Å². The van der Waals surface area contributed by atoms with Crippen LogP contribution in [0, 0.1) is 17.2 Å². The third-order valence-electron chi connectivity index (χ3n) is 3.15. The van der Waals surface area contributed by atoms with Crippen molar-refractivity contribution in [2.24, 2.45) is 5.92 Å². The summed E-state index contributed by atoms with van der Waals surface area (Å²) in [4.78, 5) is 4.10. The minimum Gasteiger partial charge on any atom is -0.370 e. The van der Waals surface area contributed by atoms with Gasteiger partial charge in [-0.15, -0.1) is 0 Å². The molecule has 1 N–H and O–H groups in total. The summed E-state index contributed by atoms with van der Waals surface area (Å²) >= 11 is 0. The van der Waals surface area contributed by atoms with Gasteiger partial charge in [0.25, 0.3) is 0 Å². The number of pyridine rings is 1. The van der Waals surface area contributed by atoms with E-state index < -0.39 is 10.0 Å². The van der Waals surface area contributed by atoms with E-state index in [0.717, 1.165) is 0 Å². The Balaban J connectivity index is 1.78. The van der Waals surface area contributed by atoms with Crippen molar-refractivity contribution in [1.29, 1.82) is 5.26 Å². The lowest BCUT2D eigenvalue weighted by molar-refractivity contribution is 0.212. The Morgan fingerprint density at radius 3 is 2.79 bits per heavy atom. The van der Waals surface area contributed by atoms with E-state index in [1.165, 1.54) is 10.5 Å². The van der Waals surface area contributed by atoms with Crippen LogP contribution in [0.4, 0.5) is 5.82 Å². The highest BCUT2D eigenvalue weighted by Gasteiger charge is 2.34. The number of hydrogen-bond acceptors (Lipinski definition) is 5. The van der Waals surface area contributed by atoms with Gasteiger partial charge >= 0.3 is 0 Å². The van der Waals surface area contributed by atoms with Crippen LogP contribution in [0.1, 0.15) is 12.5 Å². The van der Waals surface area contributed by atoms with Crippen molar-refractivity contribution in [3.05, 3.63) is 23.9 Å². The van der Waals surface area contributed by atoms with Crippen molar-refractivity contribution in [2.75, 3.05) is 30.7 Å². The molecule has 1 aromatic rings. The summed E-state index contributed by atoms with van der Waals surface area (Å²) in [5.41, 5.74) is 0.523. The van der Waals surface area contributed by atoms with Crippen LogP contribution in [0.2, 0.25) is 0 Å². The highest BCUT2D eigenvalue weighted by atomic mass is 32.2. The molecule has 19 heavy (non-hydrogen) atoms. The van der Waals surface area contributed by atoms with Crippen LogP contribution in [0.15, 0.2) is 18.3 Å². The van der Waals surface area contributed by atoms with Gasteiger partial charge in [-0.05, 0) is 19.1 Å². The maximum Gasteiger partial charge on any atom is 0.213 e. The summed E-state index contributed by atoms with van der Waals surface area (Å²) in [5.74, 6) is 1.18. The SMILES string of the molecule is CCS(=O)(=O)N1CC(CNc2ccc(C#N)cn2)C1. The molecule has 0 radical (unpaired) electrons. The van der Waals surface area contributed by atoms with Gasteiger partial charge in [-0.1, -0.05) is 0 Å². The molecule has 1 saturated heterocycles. The van der Waals surface area contributed by atoms with Crippen LogP contribution in [0.5, 0.6) is 0 Å². The number of nitrogens with zero attached hydrogens (tertiary/aromatic N) is 3. The molecule has 1 aliphatic rings. The van der Waals surface area contributed by atoms with Crippen molar-refractivity contribution in [3.8, 4) is 6.07 Å². The second-order valence-electron chi connectivity index (χ2n) is 4.51. The van der Waals surface area contributed by atoms with Gasteiger partial charge in [0.1, 0.15) is 11.9 Å². The topological polar surface area (TPSA) is 86.1 Å². The van der Waals surface area contributed by atoms with E-state index in [9.17, 15) is 8.42 Å². The molecule has 0 atom stereocenters. The van der Waals surface area contributed by atoms with Gasteiger partial charge in [-0.2, -0.15) is 5.26 Å². The number of nitriles is 1. The summed E-state index contributed by atoms with van der Waals surface area (Å²) in [6.07, 6.45) is 1.51. The van der Waals surface area contributed by atoms with Crippen LogP contribution < -0.4 is 5.32 Å². The highest BCUT2D eigenvalue weighted by molar-refractivity contribution is 7.89. The number of rotatable bonds is 5. The first kappa shape index (κ1) is 13.8. The van der Waals surface area contributed by atoms with E-state index in [4.69, 9.17) is 5.26 Å². The minimum atomic E-state index is -3.03. The van der Waals surface area contributed by atoms with Gasteiger partial charge in [0, 0.05) is 31.7 Å². The minimum absolute atomic E-state index is 0.157. The molecule has 0 aromatic carbocycles. The average molecular weight is 280 g/mol. The van der Waals surface area contributed by atoms with Gasteiger partial charge in [-0.3, -0.25) is 0 Å². The summed E-state index contributed by atoms with van der Waals surface area (Å²) in [5, 5.41) is 11.8. The van der Waals surface area contributed by atoms with Crippen LogP contribution in [-0.4, -0.2) is 43.1 Å². The smallest absolute Gasteiger partial charge is 0.213 e. The lowest BCUT2D eigenvalue weighted by Crippen LogP contribution is -2.52. The predicted octanol–water partition coefficient (Wildman–Crippen LogP) is 0.647. The van der Waals surface area contributed by atoms with Gasteiger partial charge < -0.3 is 5.32 Å². The fraction of sp³-hybridized carbons (Fsp3) is 0.500. The summed E-state index contributed by atoms with van der Waals surface area (Å²) in [6, 6.07) is 5.45. The lowest BCUT2D eigenvalue weighted by Gasteiger charge is -2.37. The van der Waals surface area contributed by atoms with E-state index in [1.807, 2.05) is 6.07 Å². The van der Waals surface area contributed by atoms with E-state index in [2.05, 4.69) is 10.3 Å². The van der Waals surface area contributed by atoms with Crippen LogP contribution in [0.3, 0.4) is 0 Å². The summed E-state index contributed by atoms with van der Waals surface area (Å²) < 4.78 is 24.6. The van der Waals surface area contributed by atoms with E-state index in [0.29, 0.717) is 36.9 Å². The van der Waals surface area contributed by atoms with Crippen molar-refractivity contribution < 1.29 is 8.42 Å². The van der Waals surface area contributed by atoms with Gasteiger partial charge in [0.05, 0.1) is 11.3 Å². The third-order valence-corrected chi connectivity index (χ3v) is 4.96. The van der Waals surface area contributed by atoms with Crippen LogP contribution >= 0.6 is 0 Å². The maximum atomic E-state index is 11.5. The molecular formula is C12H16N4O2S. The zero-order valence-electron chi connectivity index (χ0n) is 10.7. The number of nitrogens with one attached hydrogen (secondary N) is 1. The molecular weight excluding hydrogens is 264 g/mol. The van der Waals surface area contributed by atoms with Crippen molar-refractivity contribution in [1.82, 2.24) is 9.29 Å². The second-order valence-corrected chi connectivity index (χ2v) is 6.77. The lowest BCUT2D eigenvalue weighted by atomic mass is 10.0. The van der Waals surface area contributed by atoms with Crippen LogP contribution in [-0.2, 0) is 10.0 Å². The van der Waals surface area contributed by atoms with Crippen molar-refractivity contribution >= 4 is 15.8 Å². The molecule has 102 valence electrons. The number of aromatic nitrogens is 1. The largest absolute Gasteiger partial charge is 0.370 e. The summed E-state index contributed by atoms with van der Waals surface area (Å²) in [7, 11) is -3.03. The highest BCUT2D eigenvalue weighted by Crippen LogP contribution is 2.20. The first-order valence-electron chi connectivity index (χ1n) is 6.13. The Hall–Kier alpha value is -1.65. The van der Waals surface area contributed by atoms with Gasteiger partial charge in [0.2, 0.25) is 10.0 Å². The third kappa shape index (κ3) is 3.22. The maximum absolute atomic E-state index is 11.5.